The summed E-state index contributed by atoms with van der Waals surface area (Å²) in [6, 6.07) is 0. The van der Waals surface area contributed by atoms with Crippen molar-refractivity contribution in [1.82, 2.24) is 0 Å². The summed E-state index contributed by atoms with van der Waals surface area (Å²) < 4.78 is 16.8. The van der Waals surface area contributed by atoms with E-state index in [1.165, 1.54) is 122 Å². The molecule has 1 unspecified atom stereocenters. The zero-order valence-corrected chi connectivity index (χ0v) is 46.7. The van der Waals surface area contributed by atoms with Crippen LogP contribution in [-0.2, 0) is 28.6 Å². The minimum Gasteiger partial charge on any atom is -0.462 e. The number of hydrogen-bond acceptors (Lipinski definition) is 6. The average Bonchev–Trinajstić information content (AvgIpc) is 3.38. The topological polar surface area (TPSA) is 78.9 Å². The molecule has 0 aromatic rings. The van der Waals surface area contributed by atoms with Crippen molar-refractivity contribution in [1.29, 1.82) is 0 Å². The molecule has 0 aromatic heterocycles. The van der Waals surface area contributed by atoms with Gasteiger partial charge in [0.15, 0.2) is 6.10 Å². The first-order chi connectivity index (χ1) is 35.5. The Labute approximate surface area is 443 Å². The SMILES string of the molecule is CC/C=C\C/C=C\C/C=C\C/C=C\C/C=C\C/C=C\CCC(=O)OCC(COC(=O)CCC/C=C\C/C=C\C/C=C\C/C=C\CCCCC)OC(=O)CCCCCCCCCCCCCCCCCCCC. The molecule has 6 heteroatoms. The summed E-state index contributed by atoms with van der Waals surface area (Å²) in [4.78, 5) is 38.2. The van der Waals surface area contributed by atoms with Crippen molar-refractivity contribution in [2.75, 3.05) is 13.2 Å². The third-order valence-electron chi connectivity index (χ3n) is 12.2. The van der Waals surface area contributed by atoms with Gasteiger partial charge in [0.25, 0.3) is 0 Å². The molecule has 0 rings (SSSR count). The van der Waals surface area contributed by atoms with Gasteiger partial charge in [0.2, 0.25) is 0 Å². The largest absolute Gasteiger partial charge is 0.462 e. The molecule has 0 spiro atoms. The van der Waals surface area contributed by atoms with Gasteiger partial charge in [-0.05, 0) is 96.3 Å². The number of carbonyl (C=O) groups excluding carboxylic acids is 3. The number of hydrogen-bond donors (Lipinski definition) is 0. The fraction of sp³-hybridized carbons (Fsp3) is 0.652. The fourth-order valence-electron chi connectivity index (χ4n) is 7.81. The minimum atomic E-state index is -0.833. The van der Waals surface area contributed by atoms with Crippen molar-refractivity contribution in [3.63, 3.8) is 0 Å². The summed E-state index contributed by atoms with van der Waals surface area (Å²) in [6.07, 6.45) is 82.1. The average molecular weight is 998 g/mol. The highest BCUT2D eigenvalue weighted by molar-refractivity contribution is 5.71. The zero-order valence-electron chi connectivity index (χ0n) is 46.7. The standard InChI is InChI=1S/C66H108O6/c1-4-7-10-13-16-19-22-25-28-31-33-36-38-41-44-47-50-53-56-59-65(68)71-62-63(61-70-64(67)58-55-52-49-46-43-40-37-34-30-27-24-21-18-15-12-9-6-3)72-66(69)60-57-54-51-48-45-42-39-35-32-29-26-23-20-17-14-11-8-5-2/h7,10,16,18-19,21,25,27-28,30,33,36-37,40-41,44,46,49-50,53,63H,4-6,8-9,11-15,17,20,22-24,26,29,31-32,34-35,38-39,42-43,45,47-48,51-52,54-62H2,1-3H3/b10-7-,19-16-,21-18-,28-25-,30-27-,36-33-,40-37-,44-41-,49-46-,53-50-. The van der Waals surface area contributed by atoms with Crippen molar-refractivity contribution in [3.8, 4) is 0 Å². The Morgan fingerprint density at radius 1 is 0.292 bits per heavy atom. The molecule has 0 N–H and O–H groups in total. The molecule has 0 aliphatic rings. The van der Waals surface area contributed by atoms with E-state index in [1.807, 2.05) is 6.08 Å². The molecular formula is C66H108O6. The van der Waals surface area contributed by atoms with Crippen LogP contribution in [0.25, 0.3) is 0 Å². The van der Waals surface area contributed by atoms with E-state index >= 15 is 0 Å². The number of ether oxygens (including phenoxy) is 3. The zero-order chi connectivity index (χ0) is 52.2. The van der Waals surface area contributed by atoms with Crippen LogP contribution in [0.2, 0.25) is 0 Å². The second-order valence-corrected chi connectivity index (χ2v) is 19.2. The van der Waals surface area contributed by atoms with Gasteiger partial charge in [-0.25, -0.2) is 0 Å². The van der Waals surface area contributed by atoms with Crippen LogP contribution in [-0.4, -0.2) is 37.2 Å². The van der Waals surface area contributed by atoms with Crippen LogP contribution in [0, 0.1) is 0 Å². The van der Waals surface area contributed by atoms with Crippen LogP contribution in [0.1, 0.15) is 258 Å². The monoisotopic (exact) mass is 997 g/mol. The highest BCUT2D eigenvalue weighted by Gasteiger charge is 2.19. The number of rotatable bonds is 52. The first-order valence-electron chi connectivity index (χ1n) is 29.5. The normalized spacial score (nSPS) is 13.0. The maximum Gasteiger partial charge on any atom is 0.306 e. The van der Waals surface area contributed by atoms with Crippen molar-refractivity contribution >= 4 is 17.9 Å². The van der Waals surface area contributed by atoms with Crippen LogP contribution in [0.5, 0.6) is 0 Å². The summed E-state index contributed by atoms with van der Waals surface area (Å²) in [5.41, 5.74) is 0. The predicted molar refractivity (Wildman–Crippen MR) is 311 cm³/mol. The molecule has 6 nitrogen and oxygen atoms in total. The first-order valence-corrected chi connectivity index (χ1v) is 29.5. The molecule has 0 saturated carbocycles. The molecule has 0 radical (unpaired) electrons. The highest BCUT2D eigenvalue weighted by Crippen LogP contribution is 2.15. The Balaban J connectivity index is 4.57. The predicted octanol–water partition coefficient (Wildman–Crippen LogP) is 20.0. The Bertz CT molecular complexity index is 1520. The maximum absolute atomic E-state index is 12.9. The van der Waals surface area contributed by atoms with E-state index in [1.54, 1.807) is 0 Å². The van der Waals surface area contributed by atoms with Gasteiger partial charge in [0.05, 0.1) is 0 Å². The molecule has 408 valence electrons. The van der Waals surface area contributed by atoms with Gasteiger partial charge in [-0.2, -0.15) is 0 Å². The summed E-state index contributed by atoms with van der Waals surface area (Å²) in [5, 5.41) is 0. The number of esters is 3. The molecule has 0 aromatic carbocycles. The van der Waals surface area contributed by atoms with Crippen LogP contribution in [0.4, 0.5) is 0 Å². The molecule has 0 fully saturated rings. The van der Waals surface area contributed by atoms with Crippen molar-refractivity contribution in [3.05, 3.63) is 122 Å². The lowest BCUT2D eigenvalue weighted by atomic mass is 10.0. The van der Waals surface area contributed by atoms with Crippen LogP contribution in [0.3, 0.4) is 0 Å². The first kappa shape index (κ1) is 67.8. The van der Waals surface area contributed by atoms with E-state index in [0.717, 1.165) is 83.5 Å². The van der Waals surface area contributed by atoms with Gasteiger partial charge in [-0.15, -0.1) is 0 Å². The van der Waals surface area contributed by atoms with Gasteiger partial charge >= 0.3 is 17.9 Å². The summed E-state index contributed by atoms with van der Waals surface area (Å²) in [5.74, 6) is -1.06. The van der Waals surface area contributed by atoms with Crippen LogP contribution in [0.15, 0.2) is 122 Å². The fourth-order valence-corrected chi connectivity index (χ4v) is 7.81. The van der Waals surface area contributed by atoms with E-state index in [2.05, 4.69) is 136 Å². The molecule has 0 heterocycles. The van der Waals surface area contributed by atoms with Crippen LogP contribution >= 0.6 is 0 Å². The minimum absolute atomic E-state index is 0.131. The second kappa shape index (κ2) is 59.4. The third-order valence-corrected chi connectivity index (χ3v) is 12.2. The molecule has 0 bridgehead atoms. The third kappa shape index (κ3) is 56.7. The Kier molecular flexibility index (Phi) is 55.9. The van der Waals surface area contributed by atoms with E-state index in [4.69, 9.17) is 14.2 Å². The quantitative estimate of drug-likeness (QED) is 0.0261. The van der Waals surface area contributed by atoms with Crippen molar-refractivity contribution in [2.45, 2.75) is 264 Å². The maximum atomic E-state index is 12.9. The summed E-state index contributed by atoms with van der Waals surface area (Å²) in [6.45, 7) is 6.40. The number of allylic oxidation sites excluding steroid dienone is 20. The van der Waals surface area contributed by atoms with E-state index in [-0.39, 0.29) is 44.0 Å². The number of unbranched alkanes of at least 4 members (excludes halogenated alkanes) is 21. The molecule has 72 heavy (non-hydrogen) atoms. The van der Waals surface area contributed by atoms with Gasteiger partial charge in [-0.1, -0.05) is 264 Å². The Morgan fingerprint density at radius 3 is 0.972 bits per heavy atom. The lowest BCUT2D eigenvalue weighted by Crippen LogP contribution is -2.30. The van der Waals surface area contributed by atoms with Gasteiger partial charge in [-0.3, -0.25) is 14.4 Å². The molecule has 0 saturated heterocycles. The van der Waals surface area contributed by atoms with Crippen LogP contribution < -0.4 is 0 Å². The van der Waals surface area contributed by atoms with Gasteiger partial charge < -0.3 is 14.2 Å². The second-order valence-electron chi connectivity index (χ2n) is 19.2. The summed E-state index contributed by atoms with van der Waals surface area (Å²) in [7, 11) is 0. The molecule has 0 aliphatic carbocycles. The molecule has 0 amide bonds. The van der Waals surface area contributed by atoms with Crippen molar-refractivity contribution in [2.24, 2.45) is 0 Å². The lowest BCUT2D eigenvalue weighted by molar-refractivity contribution is -0.166. The van der Waals surface area contributed by atoms with Gasteiger partial charge in [0.1, 0.15) is 13.2 Å². The van der Waals surface area contributed by atoms with Gasteiger partial charge in [0, 0.05) is 19.3 Å². The smallest absolute Gasteiger partial charge is 0.306 e. The number of carbonyl (C=O) groups is 3. The summed E-state index contributed by atoms with van der Waals surface area (Å²) >= 11 is 0. The molecule has 0 aliphatic heterocycles. The van der Waals surface area contributed by atoms with E-state index in [9.17, 15) is 14.4 Å². The Hall–Kier alpha value is -4.19. The molecule has 1 atom stereocenters. The molecular weight excluding hydrogens is 889 g/mol. The van der Waals surface area contributed by atoms with E-state index in [0.29, 0.717) is 19.3 Å². The Morgan fingerprint density at radius 2 is 0.583 bits per heavy atom. The highest BCUT2D eigenvalue weighted by atomic mass is 16.6. The van der Waals surface area contributed by atoms with E-state index < -0.39 is 6.10 Å². The van der Waals surface area contributed by atoms with Crippen molar-refractivity contribution < 1.29 is 28.6 Å². The lowest BCUT2D eigenvalue weighted by Gasteiger charge is -2.18.